The molecular formula is C14H17N2O2S. The molecule has 0 saturated carbocycles. The summed E-state index contributed by atoms with van der Waals surface area (Å²) in [5, 5.41) is 1.65. The second kappa shape index (κ2) is 5.19. The van der Waals surface area contributed by atoms with Crippen LogP contribution in [0.15, 0.2) is 41.3 Å². The molecule has 0 aliphatic carbocycles. The van der Waals surface area contributed by atoms with Gasteiger partial charge >= 0.3 is 0 Å². The van der Waals surface area contributed by atoms with E-state index in [4.69, 9.17) is 0 Å². The number of rotatable bonds is 4. The van der Waals surface area contributed by atoms with Crippen molar-refractivity contribution >= 4 is 26.5 Å². The topological polar surface area (TPSA) is 49.4 Å². The minimum absolute atomic E-state index is 0.298. The van der Waals surface area contributed by atoms with E-state index in [1.807, 2.05) is 43.3 Å². The van der Waals surface area contributed by atoms with Crippen molar-refractivity contribution in [2.75, 3.05) is 19.0 Å². The quantitative estimate of drug-likeness (QED) is 0.933. The van der Waals surface area contributed by atoms with Gasteiger partial charge in [-0.3, -0.25) is 0 Å². The Morgan fingerprint density at radius 1 is 1.05 bits per heavy atom. The highest BCUT2D eigenvalue weighted by atomic mass is 32.2. The Kier molecular flexibility index (Phi) is 3.78. The Morgan fingerprint density at radius 3 is 2.32 bits per heavy atom. The van der Waals surface area contributed by atoms with E-state index in [0.29, 0.717) is 4.90 Å². The highest BCUT2D eigenvalue weighted by Crippen LogP contribution is 2.29. The summed E-state index contributed by atoms with van der Waals surface area (Å²) in [4.78, 5) is 2.27. The summed E-state index contributed by atoms with van der Waals surface area (Å²) in [7, 11) is 0.374. The highest BCUT2D eigenvalue weighted by Gasteiger charge is 2.17. The fourth-order valence-electron chi connectivity index (χ4n) is 2.11. The molecule has 101 valence electrons. The van der Waals surface area contributed by atoms with Crippen LogP contribution in [0.25, 0.3) is 10.8 Å². The van der Waals surface area contributed by atoms with E-state index < -0.39 is 10.0 Å². The molecule has 1 radical (unpaired) electrons. The lowest BCUT2D eigenvalue weighted by Gasteiger charge is -2.16. The molecule has 0 spiro atoms. The molecule has 0 aliphatic rings. The van der Waals surface area contributed by atoms with Crippen LogP contribution in [0, 0.1) is 6.54 Å². The third-order valence-electron chi connectivity index (χ3n) is 2.90. The molecule has 2 rings (SSSR count). The van der Waals surface area contributed by atoms with Gasteiger partial charge in [-0.1, -0.05) is 24.3 Å². The second-order valence-corrected chi connectivity index (χ2v) is 6.12. The molecule has 4 nitrogen and oxygen atoms in total. The summed E-state index contributed by atoms with van der Waals surface area (Å²) >= 11 is 0. The van der Waals surface area contributed by atoms with Gasteiger partial charge in [0.05, 0.1) is 4.90 Å². The molecule has 0 bridgehead atoms. The molecule has 0 atom stereocenters. The van der Waals surface area contributed by atoms with Crippen LogP contribution in [0.3, 0.4) is 0 Å². The fourth-order valence-corrected chi connectivity index (χ4v) is 3.27. The molecule has 19 heavy (non-hydrogen) atoms. The van der Waals surface area contributed by atoms with Gasteiger partial charge < -0.3 is 4.90 Å². The average molecular weight is 277 g/mol. The Bertz CT molecular complexity index is 694. The van der Waals surface area contributed by atoms with E-state index in [9.17, 15) is 8.42 Å². The van der Waals surface area contributed by atoms with Crippen LogP contribution >= 0.6 is 0 Å². The normalized spacial score (nSPS) is 11.7. The first kappa shape index (κ1) is 13.8. The van der Waals surface area contributed by atoms with Crippen molar-refractivity contribution in [3.63, 3.8) is 0 Å². The number of sulfonamides is 1. The molecule has 0 fully saturated rings. The number of nitrogens with one attached hydrogen (secondary N) is 1. The predicted octanol–water partition coefficient (Wildman–Crippen LogP) is 2.37. The van der Waals surface area contributed by atoms with Gasteiger partial charge in [0.2, 0.25) is 10.0 Å². The minimum Gasteiger partial charge on any atom is -0.377 e. The maximum Gasteiger partial charge on any atom is 0.241 e. The van der Waals surface area contributed by atoms with E-state index in [1.54, 1.807) is 19.1 Å². The van der Waals surface area contributed by atoms with Crippen LogP contribution in [0.4, 0.5) is 5.69 Å². The third kappa shape index (κ3) is 2.57. The number of hydrogen-bond acceptors (Lipinski definition) is 3. The van der Waals surface area contributed by atoms with Gasteiger partial charge in [-0.25, -0.2) is 13.1 Å². The van der Waals surface area contributed by atoms with E-state index in [1.165, 1.54) is 6.54 Å². The van der Waals surface area contributed by atoms with Gasteiger partial charge in [0, 0.05) is 37.1 Å². The molecule has 0 aromatic heterocycles. The van der Waals surface area contributed by atoms with Crippen molar-refractivity contribution in [2.24, 2.45) is 0 Å². The van der Waals surface area contributed by atoms with Gasteiger partial charge in [0.1, 0.15) is 0 Å². The van der Waals surface area contributed by atoms with Crippen molar-refractivity contribution in [3.8, 4) is 0 Å². The van der Waals surface area contributed by atoms with Crippen molar-refractivity contribution in [1.82, 2.24) is 4.72 Å². The van der Waals surface area contributed by atoms with Crippen molar-refractivity contribution in [3.05, 3.63) is 42.9 Å². The minimum atomic E-state index is -3.50. The van der Waals surface area contributed by atoms with E-state index in [0.717, 1.165) is 16.5 Å². The van der Waals surface area contributed by atoms with Crippen LogP contribution in [0.2, 0.25) is 0 Å². The molecule has 0 aliphatic heterocycles. The molecular weight excluding hydrogens is 260 g/mol. The van der Waals surface area contributed by atoms with Crippen LogP contribution in [0.1, 0.15) is 6.92 Å². The molecule has 2 aromatic carbocycles. The molecule has 2 aromatic rings. The number of fused-ring (bicyclic) bond motifs is 1. The van der Waals surface area contributed by atoms with Crippen LogP contribution in [0.5, 0.6) is 0 Å². The zero-order chi connectivity index (χ0) is 14.0. The SMILES string of the molecule is C[CH]NS(=O)(=O)c1cccc2c(N(C)C)cccc12. The molecule has 0 heterocycles. The van der Waals surface area contributed by atoms with Crippen LogP contribution < -0.4 is 9.62 Å². The zero-order valence-corrected chi connectivity index (χ0v) is 12.0. The first-order valence-corrected chi connectivity index (χ1v) is 7.45. The summed E-state index contributed by atoms with van der Waals surface area (Å²) in [5.74, 6) is 0. The van der Waals surface area contributed by atoms with Gasteiger partial charge in [0.15, 0.2) is 0 Å². The van der Waals surface area contributed by atoms with E-state index in [-0.39, 0.29) is 0 Å². The number of benzene rings is 2. The lowest BCUT2D eigenvalue weighted by molar-refractivity contribution is 0.589. The third-order valence-corrected chi connectivity index (χ3v) is 4.38. The summed E-state index contributed by atoms with van der Waals surface area (Å²) in [6.45, 7) is 3.07. The van der Waals surface area contributed by atoms with Crippen LogP contribution in [-0.2, 0) is 10.0 Å². The summed E-state index contributed by atoms with van der Waals surface area (Å²) in [6.07, 6.45) is 0. The number of hydrogen-bond donors (Lipinski definition) is 1. The summed E-state index contributed by atoms with van der Waals surface area (Å²) in [6, 6.07) is 11.0. The first-order chi connectivity index (χ1) is 8.97. The smallest absolute Gasteiger partial charge is 0.241 e. The second-order valence-electron chi connectivity index (χ2n) is 4.43. The molecule has 0 unspecified atom stereocenters. The van der Waals surface area contributed by atoms with Crippen molar-refractivity contribution in [1.29, 1.82) is 0 Å². The molecule has 5 heteroatoms. The maximum atomic E-state index is 12.2. The van der Waals surface area contributed by atoms with Gasteiger partial charge in [-0.2, -0.15) is 0 Å². The standard InChI is InChI=1S/C14H17N2O2S/c1-4-15-19(17,18)14-10-6-7-11-12(14)8-5-9-13(11)16(2)3/h4-10,15H,1-3H3. The predicted molar refractivity (Wildman–Crippen MR) is 78.6 cm³/mol. The summed E-state index contributed by atoms with van der Waals surface area (Å²) < 4.78 is 26.8. The van der Waals surface area contributed by atoms with Gasteiger partial charge in [-0.15, -0.1) is 0 Å². The first-order valence-electron chi connectivity index (χ1n) is 5.96. The average Bonchev–Trinajstić information content (AvgIpc) is 2.37. The van der Waals surface area contributed by atoms with E-state index >= 15 is 0 Å². The van der Waals surface area contributed by atoms with Gasteiger partial charge in [0.25, 0.3) is 0 Å². The number of nitrogens with zero attached hydrogens (tertiary/aromatic N) is 1. The Balaban J connectivity index is 2.75. The highest BCUT2D eigenvalue weighted by molar-refractivity contribution is 7.89. The lowest BCUT2D eigenvalue weighted by atomic mass is 10.1. The zero-order valence-electron chi connectivity index (χ0n) is 11.2. The lowest BCUT2D eigenvalue weighted by Crippen LogP contribution is -2.20. The van der Waals surface area contributed by atoms with Crippen LogP contribution in [-0.4, -0.2) is 22.5 Å². The molecule has 0 amide bonds. The van der Waals surface area contributed by atoms with Crippen molar-refractivity contribution in [2.45, 2.75) is 11.8 Å². The Labute approximate surface area is 114 Å². The maximum absolute atomic E-state index is 12.2. The molecule has 0 saturated heterocycles. The number of anilines is 1. The van der Waals surface area contributed by atoms with E-state index in [2.05, 4.69) is 4.72 Å². The van der Waals surface area contributed by atoms with Crippen molar-refractivity contribution < 1.29 is 8.42 Å². The largest absolute Gasteiger partial charge is 0.377 e. The Hall–Kier alpha value is -1.59. The van der Waals surface area contributed by atoms with Gasteiger partial charge in [-0.05, 0) is 19.1 Å². The summed E-state index contributed by atoms with van der Waals surface area (Å²) in [5.41, 5.74) is 0.995. The Morgan fingerprint density at radius 2 is 1.68 bits per heavy atom. The molecule has 1 N–H and O–H groups in total. The fraction of sp³-hybridized carbons (Fsp3) is 0.214. The monoisotopic (exact) mass is 277 g/mol.